The number of anilines is 2. The molecule has 0 unspecified atom stereocenters. The summed E-state index contributed by atoms with van der Waals surface area (Å²) in [5, 5.41) is 6.72. The predicted octanol–water partition coefficient (Wildman–Crippen LogP) is 3.72. The van der Waals surface area contributed by atoms with Gasteiger partial charge >= 0.3 is 0 Å². The van der Waals surface area contributed by atoms with E-state index in [1.54, 1.807) is 43.5 Å². The minimum Gasteiger partial charge on any atom is -0.497 e. The van der Waals surface area contributed by atoms with Gasteiger partial charge in [-0.2, -0.15) is 4.31 Å². The van der Waals surface area contributed by atoms with Crippen molar-refractivity contribution >= 4 is 59.3 Å². The normalized spacial score (nSPS) is 15.6. The van der Waals surface area contributed by atoms with Gasteiger partial charge in [0.1, 0.15) is 10.8 Å². The highest BCUT2D eigenvalue weighted by Crippen LogP contribution is 2.39. The molecule has 5 rings (SSSR count). The number of nitrogens with zero attached hydrogens (tertiary/aromatic N) is 1. The van der Waals surface area contributed by atoms with E-state index < -0.39 is 15.9 Å². The molecular formula is C27H28N3O5S2Si. The maximum absolute atomic E-state index is 13.4. The van der Waals surface area contributed by atoms with Crippen LogP contribution in [0.4, 0.5) is 10.7 Å². The fourth-order valence-electron chi connectivity index (χ4n) is 4.88. The number of amides is 2. The minimum atomic E-state index is -3.73. The molecule has 1 aliphatic carbocycles. The summed E-state index contributed by atoms with van der Waals surface area (Å²) in [6, 6.07) is 11.6. The highest BCUT2D eigenvalue weighted by molar-refractivity contribution is 7.89. The molecule has 0 spiro atoms. The lowest BCUT2D eigenvalue weighted by Gasteiger charge is -2.18. The number of rotatable bonds is 7. The number of aryl methyl sites for hydroxylation is 1. The molecule has 11 heteroatoms. The van der Waals surface area contributed by atoms with Crippen molar-refractivity contribution < 1.29 is 22.7 Å². The standard InChI is InChI=1S/C27H28N3O5S2Si/c1-35-19-11-9-18(10-12-19)28-26(32)24-20-6-2-3-7-21(20)36-27(24)29-25(31)17-8-13-23(38)22(16-17)37(33,34)30-14-4-5-15-30/h8-13,16H,2-7,14-15H2,1H3,(H,28,32)(H,29,31). The van der Waals surface area contributed by atoms with Crippen molar-refractivity contribution in [2.75, 3.05) is 30.8 Å². The Morgan fingerprint density at radius 1 is 0.947 bits per heavy atom. The Bertz CT molecular complexity index is 1480. The van der Waals surface area contributed by atoms with Gasteiger partial charge in [0, 0.05) is 29.2 Å². The van der Waals surface area contributed by atoms with Crippen LogP contribution in [0.2, 0.25) is 0 Å². The van der Waals surface area contributed by atoms with E-state index in [2.05, 4.69) is 20.9 Å². The van der Waals surface area contributed by atoms with Crippen LogP contribution in [0.1, 0.15) is 56.8 Å². The van der Waals surface area contributed by atoms with Crippen LogP contribution in [0, 0.1) is 0 Å². The Morgan fingerprint density at radius 2 is 1.66 bits per heavy atom. The van der Waals surface area contributed by atoms with E-state index in [-0.39, 0.29) is 16.4 Å². The van der Waals surface area contributed by atoms with Crippen LogP contribution < -0.4 is 20.6 Å². The maximum atomic E-state index is 13.4. The Labute approximate surface area is 229 Å². The topological polar surface area (TPSA) is 105 Å². The van der Waals surface area contributed by atoms with Crippen molar-refractivity contribution in [2.45, 2.75) is 43.4 Å². The first-order chi connectivity index (χ1) is 18.3. The molecule has 8 nitrogen and oxygen atoms in total. The lowest BCUT2D eigenvalue weighted by Crippen LogP contribution is -2.32. The molecule has 197 valence electrons. The van der Waals surface area contributed by atoms with Crippen LogP contribution in [-0.2, 0) is 22.9 Å². The van der Waals surface area contributed by atoms with Crippen molar-refractivity contribution in [1.29, 1.82) is 0 Å². The summed E-state index contributed by atoms with van der Waals surface area (Å²) < 4.78 is 33.0. The number of methoxy groups -OCH3 is 1. The van der Waals surface area contributed by atoms with E-state index in [1.165, 1.54) is 21.7 Å². The van der Waals surface area contributed by atoms with Crippen molar-refractivity contribution in [2.24, 2.45) is 0 Å². The number of hydrogen-bond acceptors (Lipinski definition) is 6. The molecule has 2 heterocycles. The largest absolute Gasteiger partial charge is 0.497 e. The summed E-state index contributed by atoms with van der Waals surface area (Å²) in [6.07, 6.45) is 5.27. The highest BCUT2D eigenvalue weighted by Gasteiger charge is 2.30. The molecule has 1 saturated heterocycles. The third-order valence-corrected chi connectivity index (χ3v) is 10.7. The first-order valence-corrected chi connectivity index (χ1v) is 15.3. The molecule has 0 atom stereocenters. The lowest BCUT2D eigenvalue weighted by atomic mass is 9.95. The third kappa shape index (κ3) is 5.28. The van der Waals surface area contributed by atoms with Gasteiger partial charge in [-0.25, -0.2) is 8.42 Å². The van der Waals surface area contributed by atoms with E-state index in [0.717, 1.165) is 49.0 Å². The van der Waals surface area contributed by atoms with Gasteiger partial charge in [0.05, 0.1) is 27.8 Å². The van der Waals surface area contributed by atoms with Gasteiger partial charge < -0.3 is 15.4 Å². The number of sulfonamides is 1. The van der Waals surface area contributed by atoms with Crippen LogP contribution in [0.5, 0.6) is 5.75 Å². The number of nitrogens with one attached hydrogen (secondary N) is 2. The number of thiophene rings is 1. The second kappa shape index (κ2) is 11.0. The second-order valence-corrected chi connectivity index (χ2v) is 12.9. The molecule has 0 bridgehead atoms. The molecule has 2 amide bonds. The van der Waals surface area contributed by atoms with E-state index in [1.807, 2.05) is 0 Å². The number of fused-ring (bicyclic) bond motifs is 1. The average molecular weight is 567 g/mol. The molecule has 2 aromatic carbocycles. The number of carbonyl (C=O) groups is 2. The summed E-state index contributed by atoms with van der Waals surface area (Å²) in [4.78, 5) is 28.0. The Hall–Kier alpha value is -2.99. The molecule has 1 aliphatic heterocycles. The van der Waals surface area contributed by atoms with Gasteiger partial charge in [-0.15, -0.1) is 11.3 Å². The Balaban J connectivity index is 1.43. The molecule has 1 aromatic heterocycles. The maximum Gasteiger partial charge on any atom is 0.258 e. The van der Waals surface area contributed by atoms with Crippen LogP contribution in [0.25, 0.3) is 0 Å². The van der Waals surface area contributed by atoms with E-state index >= 15 is 0 Å². The summed E-state index contributed by atoms with van der Waals surface area (Å²) in [7, 11) is 1.25. The van der Waals surface area contributed by atoms with Crippen LogP contribution in [0.3, 0.4) is 0 Å². The SMILES string of the molecule is COc1ccc(NC(=O)c2c(NC(=O)c3ccc([Si])c(S(=O)(=O)N4CCCC4)c3)sc3c2CCCC3)cc1. The zero-order valence-corrected chi connectivity index (χ0v) is 23.6. The first kappa shape index (κ1) is 26.6. The summed E-state index contributed by atoms with van der Waals surface area (Å²) >= 11 is 1.41. The summed E-state index contributed by atoms with van der Waals surface area (Å²) in [5.74, 6) is -0.0753. The van der Waals surface area contributed by atoms with Gasteiger partial charge in [-0.3, -0.25) is 9.59 Å². The number of benzene rings is 2. The molecule has 2 aliphatic rings. The quantitative estimate of drug-likeness (QED) is 0.424. The Morgan fingerprint density at radius 3 is 2.37 bits per heavy atom. The Kier molecular flexibility index (Phi) is 7.71. The third-order valence-electron chi connectivity index (χ3n) is 6.90. The molecule has 38 heavy (non-hydrogen) atoms. The predicted molar refractivity (Wildman–Crippen MR) is 150 cm³/mol. The zero-order chi connectivity index (χ0) is 26.9. The molecular weight excluding hydrogens is 539 g/mol. The molecule has 0 saturated carbocycles. The van der Waals surface area contributed by atoms with Crippen molar-refractivity contribution in [3.63, 3.8) is 0 Å². The van der Waals surface area contributed by atoms with E-state index in [9.17, 15) is 18.0 Å². The lowest BCUT2D eigenvalue weighted by molar-refractivity contribution is 0.102. The molecule has 1 fully saturated rings. The van der Waals surface area contributed by atoms with Gasteiger partial charge in [-0.05, 0) is 85.7 Å². The van der Waals surface area contributed by atoms with Crippen LogP contribution in [-0.4, -0.2) is 55.0 Å². The second-order valence-electron chi connectivity index (χ2n) is 9.37. The minimum absolute atomic E-state index is 0.0617. The van der Waals surface area contributed by atoms with Gasteiger partial charge in [-0.1, -0.05) is 6.07 Å². The van der Waals surface area contributed by atoms with Crippen molar-refractivity contribution in [1.82, 2.24) is 4.31 Å². The average Bonchev–Trinajstić information content (AvgIpc) is 3.58. The zero-order valence-electron chi connectivity index (χ0n) is 21.0. The smallest absolute Gasteiger partial charge is 0.258 e. The molecule has 2 N–H and O–H groups in total. The summed E-state index contributed by atoms with van der Waals surface area (Å²) in [5.41, 5.74) is 2.26. The van der Waals surface area contributed by atoms with Gasteiger partial charge in [0.25, 0.3) is 11.8 Å². The summed E-state index contributed by atoms with van der Waals surface area (Å²) in [6.45, 7) is 0.940. The van der Waals surface area contributed by atoms with Crippen LogP contribution >= 0.6 is 11.3 Å². The molecule has 3 radical (unpaired) electrons. The fourth-order valence-corrected chi connectivity index (χ4v) is 8.35. The first-order valence-electron chi connectivity index (χ1n) is 12.5. The monoisotopic (exact) mass is 566 g/mol. The van der Waals surface area contributed by atoms with E-state index in [4.69, 9.17) is 4.74 Å². The number of carbonyl (C=O) groups excluding carboxylic acids is 2. The van der Waals surface area contributed by atoms with Crippen molar-refractivity contribution in [3.8, 4) is 5.75 Å². The fraction of sp³-hybridized carbons (Fsp3) is 0.333. The van der Waals surface area contributed by atoms with Gasteiger partial charge in [0.15, 0.2) is 0 Å². The number of ether oxygens (including phenoxy) is 1. The van der Waals surface area contributed by atoms with Gasteiger partial charge in [0.2, 0.25) is 10.0 Å². The number of hydrogen-bond donors (Lipinski definition) is 2. The van der Waals surface area contributed by atoms with E-state index in [0.29, 0.717) is 40.3 Å². The van der Waals surface area contributed by atoms with Crippen molar-refractivity contribution in [3.05, 3.63) is 64.0 Å². The highest BCUT2D eigenvalue weighted by atomic mass is 32.2. The van der Waals surface area contributed by atoms with Crippen LogP contribution in [0.15, 0.2) is 47.4 Å². The molecule has 3 aromatic rings.